The predicted octanol–water partition coefficient (Wildman–Crippen LogP) is 2.90. The maximum Gasteiger partial charge on any atom is 0.227 e. The Bertz CT molecular complexity index is 658. The fourth-order valence-electron chi connectivity index (χ4n) is 5.25. The molecule has 1 spiro atoms. The van der Waals surface area contributed by atoms with Crippen LogP contribution in [0.1, 0.15) is 44.1 Å². The molecule has 4 aliphatic rings. The molecule has 0 unspecified atom stereocenters. The Morgan fingerprint density at radius 2 is 2.04 bits per heavy atom. The molecule has 2 heterocycles. The second-order valence-electron chi connectivity index (χ2n) is 7.80. The van der Waals surface area contributed by atoms with E-state index in [9.17, 15) is 4.79 Å². The van der Waals surface area contributed by atoms with Crippen molar-refractivity contribution in [1.29, 1.82) is 0 Å². The highest BCUT2D eigenvalue weighted by atomic mass is 16.5. The van der Waals surface area contributed by atoms with E-state index < -0.39 is 0 Å². The normalized spacial score (nSPS) is 37.3. The van der Waals surface area contributed by atoms with E-state index in [0.29, 0.717) is 18.6 Å². The van der Waals surface area contributed by atoms with Crippen molar-refractivity contribution in [1.82, 2.24) is 4.90 Å². The van der Waals surface area contributed by atoms with Gasteiger partial charge in [-0.2, -0.15) is 0 Å². The molecule has 0 bridgehead atoms. The van der Waals surface area contributed by atoms with Crippen molar-refractivity contribution >= 4 is 5.91 Å². The molecule has 24 heavy (non-hydrogen) atoms. The molecule has 1 aromatic carbocycles. The van der Waals surface area contributed by atoms with Gasteiger partial charge < -0.3 is 14.4 Å². The van der Waals surface area contributed by atoms with Crippen molar-refractivity contribution in [3.63, 3.8) is 0 Å². The van der Waals surface area contributed by atoms with Gasteiger partial charge in [-0.1, -0.05) is 31.0 Å². The molecular weight excluding hydrogens is 302 g/mol. The van der Waals surface area contributed by atoms with E-state index in [-0.39, 0.29) is 17.4 Å². The zero-order chi connectivity index (χ0) is 16.1. The highest BCUT2D eigenvalue weighted by Crippen LogP contribution is 2.61. The van der Waals surface area contributed by atoms with Crippen LogP contribution in [0, 0.1) is 5.92 Å². The van der Waals surface area contributed by atoms with E-state index >= 15 is 0 Å². The molecule has 2 aliphatic heterocycles. The highest BCUT2D eigenvalue weighted by molar-refractivity contribution is 5.85. The molecule has 4 atom stereocenters. The van der Waals surface area contributed by atoms with Gasteiger partial charge in [0.05, 0.1) is 25.4 Å². The van der Waals surface area contributed by atoms with Crippen LogP contribution in [0.5, 0.6) is 5.75 Å². The number of benzene rings is 1. The van der Waals surface area contributed by atoms with Crippen LogP contribution in [0.2, 0.25) is 0 Å². The first-order valence-corrected chi connectivity index (χ1v) is 9.44. The third kappa shape index (κ3) is 2.12. The van der Waals surface area contributed by atoms with Gasteiger partial charge in [0.25, 0.3) is 0 Å². The van der Waals surface area contributed by atoms with Crippen molar-refractivity contribution in [3.8, 4) is 5.75 Å². The molecule has 0 N–H and O–H groups in total. The van der Waals surface area contributed by atoms with Crippen LogP contribution in [-0.4, -0.2) is 42.7 Å². The summed E-state index contributed by atoms with van der Waals surface area (Å²) < 4.78 is 11.8. The molecule has 5 rings (SSSR count). The topological polar surface area (TPSA) is 38.8 Å². The van der Waals surface area contributed by atoms with Gasteiger partial charge in [0.15, 0.2) is 0 Å². The first-order valence-electron chi connectivity index (χ1n) is 9.44. The third-order valence-electron chi connectivity index (χ3n) is 6.62. The Morgan fingerprint density at radius 3 is 3.00 bits per heavy atom. The molecule has 1 saturated heterocycles. The third-order valence-corrected chi connectivity index (χ3v) is 6.62. The monoisotopic (exact) mass is 327 g/mol. The standard InChI is InChI=1S/C20H25NO3/c22-19(21-10-12-24-18-8-4-2-6-16(18)21)15-13-20(15)9-11-23-17-7-3-1-5-14(17)20/h1,3,5,7,15-16,18H,2,4,6,8-13H2/t15-,16+,18+,20-/m0/s1. The first-order chi connectivity index (χ1) is 11.8. The van der Waals surface area contributed by atoms with Crippen molar-refractivity contribution in [2.45, 2.75) is 56.1 Å². The van der Waals surface area contributed by atoms with Crippen LogP contribution < -0.4 is 4.74 Å². The van der Waals surface area contributed by atoms with Crippen LogP contribution in [0.25, 0.3) is 0 Å². The van der Waals surface area contributed by atoms with Gasteiger partial charge in [-0.15, -0.1) is 0 Å². The van der Waals surface area contributed by atoms with Gasteiger partial charge >= 0.3 is 0 Å². The molecule has 0 aromatic heterocycles. The number of carbonyl (C=O) groups excluding carboxylic acids is 1. The molecular formula is C20H25NO3. The van der Waals surface area contributed by atoms with Gasteiger partial charge in [0, 0.05) is 23.4 Å². The lowest BCUT2D eigenvalue weighted by Gasteiger charge is -2.44. The Balaban J connectivity index is 1.40. The van der Waals surface area contributed by atoms with Crippen LogP contribution in [-0.2, 0) is 14.9 Å². The summed E-state index contributed by atoms with van der Waals surface area (Å²) in [6.45, 7) is 2.20. The molecule has 4 heteroatoms. The van der Waals surface area contributed by atoms with Crippen LogP contribution in [0.4, 0.5) is 0 Å². The maximum atomic E-state index is 13.3. The molecule has 2 saturated carbocycles. The van der Waals surface area contributed by atoms with Gasteiger partial charge in [0.2, 0.25) is 5.91 Å². The number of morpholine rings is 1. The highest BCUT2D eigenvalue weighted by Gasteiger charge is 2.62. The molecule has 4 nitrogen and oxygen atoms in total. The average Bonchev–Trinajstić information content (AvgIpc) is 3.36. The smallest absolute Gasteiger partial charge is 0.227 e. The molecule has 128 valence electrons. The lowest BCUT2D eigenvalue weighted by atomic mass is 9.86. The summed E-state index contributed by atoms with van der Waals surface area (Å²) in [6.07, 6.45) is 6.91. The number of para-hydroxylation sites is 1. The molecule has 0 radical (unpaired) electrons. The fourth-order valence-corrected chi connectivity index (χ4v) is 5.25. The maximum absolute atomic E-state index is 13.3. The Kier molecular flexibility index (Phi) is 3.37. The lowest BCUT2D eigenvalue weighted by Crippen LogP contribution is -2.55. The lowest BCUT2D eigenvalue weighted by molar-refractivity contribution is -0.151. The first kappa shape index (κ1) is 14.8. The summed E-state index contributed by atoms with van der Waals surface area (Å²) in [4.78, 5) is 15.5. The summed E-state index contributed by atoms with van der Waals surface area (Å²) in [5.41, 5.74) is 1.29. The van der Waals surface area contributed by atoms with E-state index in [4.69, 9.17) is 9.47 Å². The van der Waals surface area contributed by atoms with Crippen LogP contribution >= 0.6 is 0 Å². The van der Waals surface area contributed by atoms with E-state index in [1.54, 1.807) is 0 Å². The number of hydrogen-bond donors (Lipinski definition) is 0. The zero-order valence-electron chi connectivity index (χ0n) is 14.1. The van der Waals surface area contributed by atoms with Crippen molar-refractivity contribution in [2.24, 2.45) is 5.92 Å². The quantitative estimate of drug-likeness (QED) is 0.796. The number of carbonyl (C=O) groups is 1. The van der Waals surface area contributed by atoms with Crippen LogP contribution in [0.15, 0.2) is 24.3 Å². The summed E-state index contributed by atoms with van der Waals surface area (Å²) in [5.74, 6) is 1.49. The minimum atomic E-state index is 0.0361. The second kappa shape index (κ2) is 5.48. The van der Waals surface area contributed by atoms with Gasteiger partial charge in [-0.25, -0.2) is 0 Å². The predicted molar refractivity (Wildman–Crippen MR) is 90.0 cm³/mol. The van der Waals surface area contributed by atoms with Gasteiger partial charge in [-0.05, 0) is 31.7 Å². The largest absolute Gasteiger partial charge is 0.493 e. The molecule has 1 aromatic rings. The van der Waals surface area contributed by atoms with Gasteiger partial charge in [0.1, 0.15) is 5.75 Å². The molecule has 1 amide bonds. The fraction of sp³-hybridized carbons (Fsp3) is 0.650. The van der Waals surface area contributed by atoms with E-state index in [2.05, 4.69) is 17.0 Å². The van der Waals surface area contributed by atoms with Crippen LogP contribution in [0.3, 0.4) is 0 Å². The summed E-state index contributed by atoms with van der Waals surface area (Å²) in [5, 5.41) is 0. The Labute approximate surface area is 143 Å². The summed E-state index contributed by atoms with van der Waals surface area (Å²) >= 11 is 0. The molecule has 2 aliphatic carbocycles. The number of fused-ring (bicyclic) bond motifs is 3. The summed E-state index contributed by atoms with van der Waals surface area (Å²) in [7, 11) is 0. The van der Waals surface area contributed by atoms with E-state index in [1.165, 1.54) is 18.4 Å². The van der Waals surface area contributed by atoms with Crippen molar-refractivity contribution in [3.05, 3.63) is 29.8 Å². The Morgan fingerprint density at radius 1 is 1.17 bits per heavy atom. The zero-order valence-corrected chi connectivity index (χ0v) is 14.1. The average molecular weight is 327 g/mol. The minimum Gasteiger partial charge on any atom is -0.493 e. The SMILES string of the molecule is O=C([C@@H]1C[C@]12CCOc1ccccc12)N1CCO[C@@H]2CCCC[C@H]21. The number of ether oxygens (including phenoxy) is 2. The van der Waals surface area contributed by atoms with E-state index in [0.717, 1.165) is 44.6 Å². The van der Waals surface area contributed by atoms with Gasteiger partial charge in [-0.3, -0.25) is 4.79 Å². The number of rotatable bonds is 1. The molecule has 3 fully saturated rings. The minimum absolute atomic E-state index is 0.0361. The van der Waals surface area contributed by atoms with E-state index in [1.807, 2.05) is 12.1 Å². The number of nitrogens with zero attached hydrogens (tertiary/aromatic N) is 1. The number of amides is 1. The second-order valence-corrected chi connectivity index (χ2v) is 7.80. The Hall–Kier alpha value is -1.55. The van der Waals surface area contributed by atoms with Crippen molar-refractivity contribution in [2.75, 3.05) is 19.8 Å². The summed E-state index contributed by atoms with van der Waals surface area (Å²) in [6, 6.07) is 8.60. The number of hydrogen-bond acceptors (Lipinski definition) is 3. The van der Waals surface area contributed by atoms with Crippen molar-refractivity contribution < 1.29 is 14.3 Å².